The Morgan fingerprint density at radius 3 is 2.22 bits per heavy atom. The van der Waals surface area contributed by atoms with Crippen molar-refractivity contribution in [2.24, 2.45) is 5.14 Å². The second kappa shape index (κ2) is 7.00. The van der Waals surface area contributed by atoms with Crippen LogP contribution in [0.3, 0.4) is 0 Å². The van der Waals surface area contributed by atoms with Crippen LogP contribution in [-0.4, -0.2) is 36.0 Å². The zero-order valence-corrected chi connectivity index (χ0v) is 14.7. The van der Waals surface area contributed by atoms with Crippen LogP contribution < -0.4 is 5.14 Å². The van der Waals surface area contributed by atoms with Gasteiger partial charge in [-0.15, -0.1) is 4.28 Å². The lowest BCUT2D eigenvalue weighted by Gasteiger charge is -2.25. The second-order valence-electron chi connectivity index (χ2n) is 4.89. The first-order valence-corrected chi connectivity index (χ1v) is 8.97. The predicted molar refractivity (Wildman–Crippen MR) is 85.3 cm³/mol. The number of nitrogens with two attached hydrogens (primary N) is 1. The molecular weight excluding hydrogens is 391 g/mol. The SMILES string of the molecule is NS(=O)(=O)ON(C(=O)OCC(Cl)(Cl)Cl)C1Cc2ccccc2C1. The largest absolute Gasteiger partial charge is 0.443 e. The van der Waals surface area contributed by atoms with Gasteiger partial charge in [-0.1, -0.05) is 59.1 Å². The second-order valence-corrected chi connectivity index (χ2v) is 8.54. The molecule has 0 atom stereocenters. The standard InChI is InChI=1S/C12H13Cl3N2O5S/c13-12(14,15)7-21-11(18)17(22-23(16,19)20)10-5-8-3-1-2-4-9(8)6-10/h1-4,10H,5-7H2,(H2,16,19,20). The van der Waals surface area contributed by atoms with Crippen molar-refractivity contribution < 1.29 is 22.2 Å². The lowest BCUT2D eigenvalue weighted by Crippen LogP contribution is -2.44. The van der Waals surface area contributed by atoms with E-state index in [9.17, 15) is 13.2 Å². The van der Waals surface area contributed by atoms with Crippen molar-refractivity contribution in [3.05, 3.63) is 35.4 Å². The van der Waals surface area contributed by atoms with Crippen LogP contribution in [0.5, 0.6) is 0 Å². The predicted octanol–water partition coefficient (Wildman–Crippen LogP) is 2.10. The summed E-state index contributed by atoms with van der Waals surface area (Å²) in [5.41, 5.74) is 1.93. The molecule has 1 aliphatic carbocycles. The molecule has 11 heteroatoms. The number of carbonyl (C=O) groups is 1. The number of hydroxylamine groups is 2. The zero-order valence-electron chi connectivity index (χ0n) is 11.6. The quantitative estimate of drug-likeness (QED) is 0.613. The average molecular weight is 404 g/mol. The summed E-state index contributed by atoms with van der Waals surface area (Å²) < 4.78 is 29.9. The Balaban J connectivity index is 2.14. The van der Waals surface area contributed by atoms with Crippen LogP contribution in [0, 0.1) is 0 Å². The first kappa shape index (κ1) is 18.6. The Morgan fingerprint density at radius 2 is 1.78 bits per heavy atom. The summed E-state index contributed by atoms with van der Waals surface area (Å²) in [5, 5.41) is 5.41. The number of halogens is 3. The molecule has 2 rings (SSSR count). The molecule has 2 N–H and O–H groups in total. The van der Waals surface area contributed by atoms with E-state index in [2.05, 4.69) is 4.28 Å². The van der Waals surface area contributed by atoms with Gasteiger partial charge in [0, 0.05) is 0 Å². The van der Waals surface area contributed by atoms with Crippen molar-refractivity contribution in [1.29, 1.82) is 0 Å². The van der Waals surface area contributed by atoms with Crippen LogP contribution in [0.2, 0.25) is 0 Å². The molecule has 0 fully saturated rings. The fraction of sp³-hybridized carbons (Fsp3) is 0.417. The van der Waals surface area contributed by atoms with Gasteiger partial charge in [0.2, 0.25) is 3.79 Å². The topological polar surface area (TPSA) is 98.9 Å². The molecule has 7 nitrogen and oxygen atoms in total. The van der Waals surface area contributed by atoms with E-state index in [4.69, 9.17) is 44.7 Å². The maximum Gasteiger partial charge on any atom is 0.435 e. The van der Waals surface area contributed by atoms with E-state index < -0.39 is 32.8 Å². The highest BCUT2D eigenvalue weighted by molar-refractivity contribution is 7.84. The number of amides is 1. The normalized spacial score (nSPS) is 15.3. The van der Waals surface area contributed by atoms with Gasteiger partial charge < -0.3 is 4.74 Å². The molecule has 0 saturated carbocycles. The van der Waals surface area contributed by atoms with Crippen molar-refractivity contribution in [2.75, 3.05) is 6.61 Å². The third-order valence-electron chi connectivity index (χ3n) is 3.08. The highest BCUT2D eigenvalue weighted by atomic mass is 35.6. The maximum atomic E-state index is 12.1. The fourth-order valence-electron chi connectivity index (χ4n) is 2.26. The first-order valence-electron chi connectivity index (χ1n) is 6.37. The van der Waals surface area contributed by atoms with Crippen molar-refractivity contribution in [1.82, 2.24) is 5.06 Å². The smallest absolute Gasteiger partial charge is 0.435 e. The molecule has 0 heterocycles. The van der Waals surface area contributed by atoms with Crippen molar-refractivity contribution >= 4 is 51.2 Å². The highest BCUT2D eigenvalue weighted by Gasteiger charge is 2.35. The van der Waals surface area contributed by atoms with E-state index in [1.54, 1.807) is 0 Å². The maximum absolute atomic E-state index is 12.1. The van der Waals surface area contributed by atoms with Crippen LogP contribution in [0.4, 0.5) is 4.79 Å². The van der Waals surface area contributed by atoms with Gasteiger partial charge in [-0.05, 0) is 24.0 Å². The Hall–Kier alpha value is -0.770. The van der Waals surface area contributed by atoms with Gasteiger partial charge in [-0.2, -0.15) is 13.5 Å². The van der Waals surface area contributed by atoms with Gasteiger partial charge in [0.1, 0.15) is 6.61 Å². The molecule has 1 aromatic rings. The first-order chi connectivity index (χ1) is 10.6. The number of nitrogens with zero attached hydrogens (tertiary/aromatic N) is 1. The number of fused-ring (bicyclic) bond motifs is 1. The summed E-state index contributed by atoms with van der Waals surface area (Å²) in [6.07, 6.45) is -0.341. The minimum atomic E-state index is -4.42. The summed E-state index contributed by atoms with van der Waals surface area (Å²) in [6.45, 7) is -0.569. The minimum Gasteiger partial charge on any atom is -0.443 e. The van der Waals surface area contributed by atoms with Crippen LogP contribution in [0.1, 0.15) is 11.1 Å². The number of rotatable bonds is 4. The summed E-state index contributed by atoms with van der Waals surface area (Å²) in [6, 6.07) is 6.82. The number of hydrogen-bond acceptors (Lipinski definition) is 5. The molecule has 1 amide bonds. The molecule has 128 valence electrons. The van der Waals surface area contributed by atoms with Crippen LogP contribution in [0.25, 0.3) is 0 Å². The van der Waals surface area contributed by atoms with Crippen LogP contribution in [-0.2, 0) is 32.2 Å². The van der Waals surface area contributed by atoms with Gasteiger partial charge in [-0.3, -0.25) is 0 Å². The van der Waals surface area contributed by atoms with Gasteiger partial charge in [-0.25, -0.2) is 9.93 Å². The summed E-state index contributed by atoms with van der Waals surface area (Å²) in [5.74, 6) is 0. The van der Waals surface area contributed by atoms with E-state index in [0.717, 1.165) is 11.1 Å². The van der Waals surface area contributed by atoms with Gasteiger partial charge >= 0.3 is 16.4 Å². The molecular formula is C12H13Cl3N2O5S. The van der Waals surface area contributed by atoms with Crippen molar-refractivity contribution in [3.63, 3.8) is 0 Å². The van der Waals surface area contributed by atoms with Gasteiger partial charge in [0.25, 0.3) is 0 Å². The average Bonchev–Trinajstić information content (AvgIpc) is 2.84. The van der Waals surface area contributed by atoms with E-state index in [-0.39, 0.29) is 0 Å². The van der Waals surface area contributed by atoms with Gasteiger partial charge in [0.15, 0.2) is 0 Å². The molecule has 23 heavy (non-hydrogen) atoms. The molecule has 0 aliphatic heterocycles. The van der Waals surface area contributed by atoms with Crippen LogP contribution >= 0.6 is 34.8 Å². The summed E-state index contributed by atoms with van der Waals surface area (Å²) >= 11 is 16.5. The fourth-order valence-corrected chi connectivity index (χ4v) is 2.83. The monoisotopic (exact) mass is 402 g/mol. The van der Waals surface area contributed by atoms with E-state index in [0.29, 0.717) is 17.9 Å². The Labute approximate surface area is 148 Å². The number of alkyl halides is 3. The summed E-state index contributed by atoms with van der Waals surface area (Å²) in [4.78, 5) is 12.1. The highest BCUT2D eigenvalue weighted by Crippen LogP contribution is 2.28. The Bertz CT molecular complexity index is 667. The Morgan fingerprint density at radius 1 is 1.26 bits per heavy atom. The number of carbonyl (C=O) groups excluding carboxylic acids is 1. The van der Waals surface area contributed by atoms with Crippen LogP contribution in [0.15, 0.2) is 24.3 Å². The molecule has 1 aliphatic rings. The zero-order chi connectivity index (χ0) is 17.3. The molecule has 0 spiro atoms. The van der Waals surface area contributed by atoms with Gasteiger partial charge in [0.05, 0.1) is 6.04 Å². The lowest BCUT2D eigenvalue weighted by atomic mass is 10.1. The molecule has 0 unspecified atom stereocenters. The number of hydrogen-bond donors (Lipinski definition) is 1. The van der Waals surface area contributed by atoms with Crippen molar-refractivity contribution in [2.45, 2.75) is 22.7 Å². The summed E-state index contributed by atoms with van der Waals surface area (Å²) in [7, 11) is -4.42. The number of ether oxygens (including phenoxy) is 1. The molecule has 0 radical (unpaired) electrons. The minimum absolute atomic E-state index is 0.383. The van der Waals surface area contributed by atoms with E-state index >= 15 is 0 Å². The third kappa shape index (κ3) is 5.66. The third-order valence-corrected chi connectivity index (χ3v) is 3.78. The van der Waals surface area contributed by atoms with E-state index in [1.807, 2.05) is 24.3 Å². The molecule has 0 aromatic heterocycles. The molecule has 1 aromatic carbocycles. The lowest BCUT2D eigenvalue weighted by molar-refractivity contribution is -0.0704. The number of benzene rings is 1. The molecule has 0 saturated heterocycles. The van der Waals surface area contributed by atoms with Crippen molar-refractivity contribution in [3.8, 4) is 0 Å². The molecule has 0 bridgehead atoms. The van der Waals surface area contributed by atoms with E-state index in [1.165, 1.54) is 0 Å². The Kier molecular flexibility index (Phi) is 5.65.